The topological polar surface area (TPSA) is 65.5 Å². The molecule has 1 unspecified atom stereocenters. The first-order valence-electron chi connectivity index (χ1n) is 6.46. The molecule has 0 bridgehead atoms. The molecule has 0 N–H and O–H groups in total. The van der Waals surface area contributed by atoms with Crippen LogP contribution in [0.5, 0.6) is 0 Å². The Bertz CT molecular complexity index is 405. The lowest BCUT2D eigenvalue weighted by molar-refractivity contribution is -0.169. The molecule has 0 aliphatic heterocycles. The van der Waals surface area contributed by atoms with Gasteiger partial charge in [-0.05, 0) is 25.0 Å². The fourth-order valence-corrected chi connectivity index (χ4v) is 1.43. The minimum Gasteiger partial charge on any atom is -0.463 e. The first kappa shape index (κ1) is 15.1. The molecule has 0 aromatic carbocycles. The molecule has 0 amide bonds. The fraction of sp³-hybridized carbons (Fsp3) is 0.500. The van der Waals surface area contributed by atoms with Crippen molar-refractivity contribution >= 4 is 11.9 Å². The number of nitrogens with zero attached hydrogens (tertiary/aromatic N) is 1. The molecule has 1 rings (SSSR count). The van der Waals surface area contributed by atoms with Gasteiger partial charge in [0, 0.05) is 12.6 Å². The molecule has 1 aromatic heterocycles. The molecule has 1 atom stereocenters. The molecule has 0 aliphatic rings. The van der Waals surface area contributed by atoms with E-state index in [0.717, 1.165) is 0 Å². The predicted molar refractivity (Wildman–Crippen MR) is 69.2 cm³/mol. The van der Waals surface area contributed by atoms with E-state index in [0.29, 0.717) is 25.1 Å². The molecule has 104 valence electrons. The van der Waals surface area contributed by atoms with Crippen molar-refractivity contribution in [2.75, 3.05) is 6.61 Å². The van der Waals surface area contributed by atoms with E-state index in [9.17, 15) is 9.59 Å². The number of hydrogen-bond acceptors (Lipinski definition) is 5. The van der Waals surface area contributed by atoms with Crippen LogP contribution in [0, 0.1) is 0 Å². The highest BCUT2D eigenvalue weighted by Gasteiger charge is 2.27. The Morgan fingerprint density at radius 1 is 1.26 bits per heavy atom. The number of pyridine rings is 1. The summed E-state index contributed by atoms with van der Waals surface area (Å²) in [5, 5.41) is 0. The van der Waals surface area contributed by atoms with Crippen LogP contribution >= 0.6 is 0 Å². The maximum atomic E-state index is 11.9. The maximum Gasteiger partial charge on any atom is 0.353 e. The number of hydrogen-bond donors (Lipinski definition) is 0. The lowest BCUT2D eigenvalue weighted by Crippen LogP contribution is -2.23. The van der Waals surface area contributed by atoms with E-state index in [-0.39, 0.29) is 6.42 Å². The largest absolute Gasteiger partial charge is 0.463 e. The van der Waals surface area contributed by atoms with Crippen molar-refractivity contribution in [3.8, 4) is 0 Å². The molecule has 0 aliphatic carbocycles. The van der Waals surface area contributed by atoms with Crippen molar-refractivity contribution in [1.82, 2.24) is 4.98 Å². The summed E-state index contributed by atoms with van der Waals surface area (Å²) in [4.78, 5) is 27.5. The van der Waals surface area contributed by atoms with Crippen LogP contribution in [0.4, 0.5) is 0 Å². The zero-order valence-electron chi connectivity index (χ0n) is 11.3. The molecule has 5 nitrogen and oxygen atoms in total. The van der Waals surface area contributed by atoms with E-state index in [2.05, 4.69) is 4.98 Å². The first-order valence-corrected chi connectivity index (χ1v) is 6.46. The van der Waals surface area contributed by atoms with Crippen molar-refractivity contribution in [1.29, 1.82) is 0 Å². The van der Waals surface area contributed by atoms with Crippen LogP contribution in [0.1, 0.15) is 44.9 Å². The quantitative estimate of drug-likeness (QED) is 0.708. The zero-order valence-corrected chi connectivity index (χ0v) is 11.3. The summed E-state index contributed by atoms with van der Waals surface area (Å²) in [6, 6.07) is 5.10. The van der Waals surface area contributed by atoms with Crippen molar-refractivity contribution < 1.29 is 19.1 Å². The average Bonchev–Trinajstić information content (AvgIpc) is 2.43. The lowest BCUT2D eigenvalue weighted by Gasteiger charge is -2.16. The Labute approximate surface area is 112 Å². The third-order valence-electron chi connectivity index (χ3n) is 2.32. The van der Waals surface area contributed by atoms with Gasteiger partial charge in [0.25, 0.3) is 0 Å². The third-order valence-corrected chi connectivity index (χ3v) is 2.32. The van der Waals surface area contributed by atoms with E-state index >= 15 is 0 Å². The van der Waals surface area contributed by atoms with Crippen LogP contribution in [0.25, 0.3) is 0 Å². The van der Waals surface area contributed by atoms with Crippen molar-refractivity contribution in [2.45, 2.75) is 39.2 Å². The van der Waals surface area contributed by atoms with Crippen LogP contribution in [0.15, 0.2) is 24.4 Å². The van der Waals surface area contributed by atoms with Crippen LogP contribution in [-0.4, -0.2) is 23.5 Å². The molecule has 5 heteroatoms. The van der Waals surface area contributed by atoms with Gasteiger partial charge in [0.1, 0.15) is 0 Å². The second kappa shape index (κ2) is 8.24. The smallest absolute Gasteiger partial charge is 0.353 e. The molecule has 1 aromatic rings. The van der Waals surface area contributed by atoms with Gasteiger partial charge in [-0.25, -0.2) is 4.79 Å². The Balaban J connectivity index is 2.79. The summed E-state index contributed by atoms with van der Waals surface area (Å²) < 4.78 is 10.2. The molecular formula is C14H19NO4. The second-order valence-corrected chi connectivity index (χ2v) is 4.04. The van der Waals surface area contributed by atoms with Gasteiger partial charge in [-0.2, -0.15) is 0 Å². The van der Waals surface area contributed by atoms with Crippen LogP contribution in [0.3, 0.4) is 0 Å². The fourth-order valence-electron chi connectivity index (χ4n) is 1.43. The lowest BCUT2D eigenvalue weighted by atomic mass is 10.2. The molecular weight excluding hydrogens is 246 g/mol. The average molecular weight is 265 g/mol. The van der Waals surface area contributed by atoms with Gasteiger partial charge in [-0.1, -0.05) is 19.9 Å². The monoisotopic (exact) mass is 265 g/mol. The molecule has 1 heterocycles. The van der Waals surface area contributed by atoms with Gasteiger partial charge < -0.3 is 9.47 Å². The normalized spacial score (nSPS) is 11.7. The number of esters is 2. The summed E-state index contributed by atoms with van der Waals surface area (Å²) in [6.07, 6.45) is 2.11. The molecule has 0 saturated heterocycles. The summed E-state index contributed by atoms with van der Waals surface area (Å²) in [7, 11) is 0. The standard InChI is InChI=1S/C14H19NO4/c1-3-7-12(16)19-13(14(17)18-10-4-2)11-8-5-6-9-15-11/h5-6,8-9,13H,3-4,7,10H2,1-2H3. The van der Waals surface area contributed by atoms with Crippen molar-refractivity contribution in [2.24, 2.45) is 0 Å². The minimum atomic E-state index is -1.08. The SMILES string of the molecule is CCCOC(=O)C(OC(=O)CCC)c1ccccn1. The minimum absolute atomic E-state index is 0.268. The van der Waals surface area contributed by atoms with Crippen LogP contribution in [0.2, 0.25) is 0 Å². The zero-order chi connectivity index (χ0) is 14.1. The highest BCUT2D eigenvalue weighted by Crippen LogP contribution is 2.18. The molecule has 0 spiro atoms. The molecule has 19 heavy (non-hydrogen) atoms. The van der Waals surface area contributed by atoms with Crippen LogP contribution < -0.4 is 0 Å². The summed E-state index contributed by atoms with van der Waals surface area (Å²) in [6.45, 7) is 4.06. The van der Waals surface area contributed by atoms with Gasteiger partial charge >= 0.3 is 11.9 Å². The number of ether oxygens (including phenoxy) is 2. The number of carbonyl (C=O) groups excluding carboxylic acids is 2. The maximum absolute atomic E-state index is 11.9. The van der Waals surface area contributed by atoms with Gasteiger partial charge in [0.15, 0.2) is 0 Å². The first-order chi connectivity index (χ1) is 9.19. The summed E-state index contributed by atoms with van der Waals surface area (Å²) >= 11 is 0. The van der Waals surface area contributed by atoms with E-state index < -0.39 is 18.0 Å². The highest BCUT2D eigenvalue weighted by atomic mass is 16.6. The Morgan fingerprint density at radius 2 is 2.05 bits per heavy atom. The van der Waals surface area contributed by atoms with Gasteiger partial charge in [-0.3, -0.25) is 9.78 Å². The molecule has 0 fully saturated rings. The third kappa shape index (κ3) is 5.07. The predicted octanol–water partition coefficient (Wildman–Crippen LogP) is 2.42. The number of rotatable bonds is 7. The number of aromatic nitrogens is 1. The summed E-state index contributed by atoms with van der Waals surface area (Å²) in [5.41, 5.74) is 0.382. The second-order valence-electron chi connectivity index (χ2n) is 4.04. The Hall–Kier alpha value is -1.91. The van der Waals surface area contributed by atoms with Crippen molar-refractivity contribution in [3.05, 3.63) is 30.1 Å². The van der Waals surface area contributed by atoms with Gasteiger partial charge in [0.05, 0.1) is 12.3 Å². The Morgan fingerprint density at radius 3 is 2.63 bits per heavy atom. The molecule has 0 saturated carbocycles. The van der Waals surface area contributed by atoms with E-state index in [4.69, 9.17) is 9.47 Å². The highest BCUT2D eigenvalue weighted by molar-refractivity contribution is 5.80. The van der Waals surface area contributed by atoms with Gasteiger partial charge in [0.2, 0.25) is 6.10 Å². The Kier molecular flexibility index (Phi) is 6.57. The van der Waals surface area contributed by atoms with Gasteiger partial charge in [-0.15, -0.1) is 0 Å². The number of carbonyl (C=O) groups is 2. The summed E-state index contributed by atoms with van der Waals surface area (Å²) in [5.74, 6) is -1.00. The van der Waals surface area contributed by atoms with E-state index in [1.807, 2.05) is 13.8 Å². The van der Waals surface area contributed by atoms with Crippen molar-refractivity contribution in [3.63, 3.8) is 0 Å². The molecule has 0 radical (unpaired) electrons. The van der Waals surface area contributed by atoms with E-state index in [1.54, 1.807) is 24.4 Å². The van der Waals surface area contributed by atoms with E-state index in [1.165, 1.54) is 0 Å². The van der Waals surface area contributed by atoms with Crippen LogP contribution in [-0.2, 0) is 19.1 Å².